The molecule has 0 bridgehead atoms. The SMILES string of the molecule is CCCN(CC)c1ccc(/N=N/c2snc3ccc(N)cc23)cc1. The second-order valence-corrected chi connectivity index (χ2v) is 6.31. The van der Waals surface area contributed by atoms with Crippen molar-refractivity contribution in [2.75, 3.05) is 23.7 Å². The lowest BCUT2D eigenvalue weighted by Gasteiger charge is -2.22. The van der Waals surface area contributed by atoms with E-state index in [2.05, 4.69) is 45.5 Å². The van der Waals surface area contributed by atoms with Gasteiger partial charge in [-0.1, -0.05) is 6.92 Å². The molecule has 0 atom stereocenters. The van der Waals surface area contributed by atoms with Gasteiger partial charge in [0.05, 0.1) is 11.2 Å². The normalized spacial score (nSPS) is 11.4. The van der Waals surface area contributed by atoms with Gasteiger partial charge in [0.1, 0.15) is 0 Å². The molecule has 0 saturated heterocycles. The summed E-state index contributed by atoms with van der Waals surface area (Å²) in [5, 5.41) is 10.4. The number of hydrogen-bond acceptors (Lipinski definition) is 6. The highest BCUT2D eigenvalue weighted by molar-refractivity contribution is 7.11. The molecule has 0 aliphatic heterocycles. The first-order valence-corrected chi connectivity index (χ1v) is 8.90. The van der Waals surface area contributed by atoms with Crippen LogP contribution in [0.5, 0.6) is 0 Å². The van der Waals surface area contributed by atoms with Crippen LogP contribution in [0.1, 0.15) is 20.3 Å². The highest BCUT2D eigenvalue weighted by Crippen LogP contribution is 2.33. The van der Waals surface area contributed by atoms with Gasteiger partial charge in [0.2, 0.25) is 0 Å². The molecule has 0 aliphatic rings. The predicted molar refractivity (Wildman–Crippen MR) is 103 cm³/mol. The van der Waals surface area contributed by atoms with Crippen molar-refractivity contribution in [3.05, 3.63) is 42.5 Å². The first-order chi connectivity index (χ1) is 11.7. The Balaban J connectivity index is 1.80. The van der Waals surface area contributed by atoms with E-state index in [9.17, 15) is 0 Å². The van der Waals surface area contributed by atoms with Crippen molar-refractivity contribution in [1.29, 1.82) is 0 Å². The fourth-order valence-corrected chi connectivity index (χ4v) is 3.27. The summed E-state index contributed by atoms with van der Waals surface area (Å²) in [5.74, 6) is 0. The number of benzene rings is 2. The molecular formula is C18H21N5S. The van der Waals surface area contributed by atoms with Gasteiger partial charge in [-0.25, -0.2) is 0 Å². The van der Waals surface area contributed by atoms with E-state index in [1.807, 2.05) is 30.3 Å². The third-order valence-electron chi connectivity index (χ3n) is 3.83. The smallest absolute Gasteiger partial charge is 0.166 e. The lowest BCUT2D eigenvalue weighted by molar-refractivity contribution is 0.792. The molecule has 6 heteroatoms. The molecule has 0 amide bonds. The minimum Gasteiger partial charge on any atom is -0.399 e. The van der Waals surface area contributed by atoms with Crippen molar-refractivity contribution in [1.82, 2.24) is 4.37 Å². The number of anilines is 2. The molecule has 124 valence electrons. The molecule has 24 heavy (non-hydrogen) atoms. The van der Waals surface area contributed by atoms with E-state index in [-0.39, 0.29) is 0 Å². The second-order valence-electron chi connectivity index (χ2n) is 5.56. The lowest BCUT2D eigenvalue weighted by atomic mass is 10.2. The third-order valence-corrected chi connectivity index (χ3v) is 4.59. The summed E-state index contributed by atoms with van der Waals surface area (Å²) < 4.78 is 4.37. The Labute approximate surface area is 146 Å². The van der Waals surface area contributed by atoms with Crippen LogP contribution in [-0.2, 0) is 0 Å². The summed E-state index contributed by atoms with van der Waals surface area (Å²) in [4.78, 5) is 2.35. The van der Waals surface area contributed by atoms with Crippen molar-refractivity contribution in [3.63, 3.8) is 0 Å². The van der Waals surface area contributed by atoms with Crippen molar-refractivity contribution in [2.24, 2.45) is 10.2 Å². The molecule has 1 heterocycles. The molecule has 0 fully saturated rings. The summed E-state index contributed by atoms with van der Waals surface area (Å²) in [5.41, 5.74) is 9.50. The third kappa shape index (κ3) is 3.54. The molecule has 5 nitrogen and oxygen atoms in total. The van der Waals surface area contributed by atoms with Crippen LogP contribution in [0.2, 0.25) is 0 Å². The molecule has 0 radical (unpaired) electrons. The number of azo groups is 1. The van der Waals surface area contributed by atoms with Crippen LogP contribution in [0.3, 0.4) is 0 Å². The monoisotopic (exact) mass is 339 g/mol. The van der Waals surface area contributed by atoms with Crippen LogP contribution in [0.25, 0.3) is 10.9 Å². The fourth-order valence-electron chi connectivity index (χ4n) is 2.59. The second kappa shape index (κ2) is 7.40. The van der Waals surface area contributed by atoms with E-state index in [0.717, 1.165) is 41.1 Å². The molecule has 0 aliphatic carbocycles. The van der Waals surface area contributed by atoms with Gasteiger partial charge in [0.15, 0.2) is 5.00 Å². The summed E-state index contributed by atoms with van der Waals surface area (Å²) in [7, 11) is 0. The van der Waals surface area contributed by atoms with E-state index in [0.29, 0.717) is 5.69 Å². The highest BCUT2D eigenvalue weighted by Gasteiger charge is 2.06. The minimum absolute atomic E-state index is 0.707. The van der Waals surface area contributed by atoms with E-state index in [1.165, 1.54) is 17.2 Å². The van der Waals surface area contributed by atoms with Crippen LogP contribution in [0.4, 0.5) is 22.1 Å². The maximum absolute atomic E-state index is 5.84. The Hall–Kier alpha value is -2.47. The zero-order chi connectivity index (χ0) is 16.9. The highest BCUT2D eigenvalue weighted by atomic mass is 32.1. The number of nitrogen functional groups attached to an aromatic ring is 1. The number of fused-ring (bicyclic) bond motifs is 1. The molecular weight excluding hydrogens is 318 g/mol. The fraction of sp³-hybridized carbons (Fsp3) is 0.278. The average molecular weight is 339 g/mol. The van der Waals surface area contributed by atoms with Crippen LogP contribution in [-0.4, -0.2) is 17.5 Å². The largest absolute Gasteiger partial charge is 0.399 e. The van der Waals surface area contributed by atoms with Crippen LogP contribution in [0, 0.1) is 0 Å². The molecule has 2 aromatic carbocycles. The summed E-state index contributed by atoms with van der Waals surface area (Å²) in [6, 6.07) is 13.8. The molecule has 2 N–H and O–H groups in total. The first kappa shape index (κ1) is 16.4. The van der Waals surface area contributed by atoms with E-state index in [1.54, 1.807) is 0 Å². The molecule has 0 spiro atoms. The van der Waals surface area contributed by atoms with Crippen molar-refractivity contribution >= 4 is 44.5 Å². The maximum Gasteiger partial charge on any atom is 0.166 e. The summed E-state index contributed by atoms with van der Waals surface area (Å²) >= 11 is 1.33. The molecule has 3 rings (SSSR count). The Morgan fingerprint density at radius 3 is 2.58 bits per heavy atom. The minimum atomic E-state index is 0.707. The van der Waals surface area contributed by atoms with Gasteiger partial charge in [-0.2, -0.15) is 4.37 Å². The Morgan fingerprint density at radius 2 is 1.88 bits per heavy atom. The Bertz CT molecular complexity index is 838. The average Bonchev–Trinajstić information content (AvgIpc) is 3.00. The quantitative estimate of drug-likeness (QED) is 0.474. The molecule has 0 unspecified atom stereocenters. The van der Waals surface area contributed by atoms with E-state index < -0.39 is 0 Å². The predicted octanol–water partition coefficient (Wildman–Crippen LogP) is 5.53. The zero-order valence-electron chi connectivity index (χ0n) is 13.9. The number of nitrogens with two attached hydrogens (primary N) is 1. The number of hydrogen-bond donors (Lipinski definition) is 1. The Kier molecular flexibility index (Phi) is 5.05. The van der Waals surface area contributed by atoms with Crippen LogP contribution < -0.4 is 10.6 Å². The van der Waals surface area contributed by atoms with Gasteiger partial charge in [-0.3, -0.25) is 0 Å². The van der Waals surface area contributed by atoms with Crippen LogP contribution >= 0.6 is 11.5 Å². The maximum atomic E-state index is 5.84. The van der Waals surface area contributed by atoms with E-state index in [4.69, 9.17) is 5.73 Å². The number of nitrogens with zero attached hydrogens (tertiary/aromatic N) is 4. The van der Waals surface area contributed by atoms with Gasteiger partial charge in [0.25, 0.3) is 0 Å². The van der Waals surface area contributed by atoms with Crippen molar-refractivity contribution in [3.8, 4) is 0 Å². The van der Waals surface area contributed by atoms with Gasteiger partial charge in [-0.05, 0) is 67.3 Å². The van der Waals surface area contributed by atoms with Crippen LogP contribution in [0.15, 0.2) is 52.7 Å². The zero-order valence-corrected chi connectivity index (χ0v) is 14.8. The first-order valence-electron chi connectivity index (χ1n) is 8.13. The lowest BCUT2D eigenvalue weighted by Crippen LogP contribution is -2.23. The Morgan fingerprint density at radius 1 is 1.08 bits per heavy atom. The molecule has 1 aromatic heterocycles. The topological polar surface area (TPSA) is 66.9 Å². The van der Waals surface area contributed by atoms with Crippen molar-refractivity contribution in [2.45, 2.75) is 20.3 Å². The molecule has 3 aromatic rings. The van der Waals surface area contributed by atoms with Gasteiger partial charge in [0, 0.05) is 29.9 Å². The standard InChI is InChI=1S/C18H21N5S/c1-3-11-23(4-2)15-8-6-14(7-9-15)20-21-18-16-12-13(19)5-10-17(16)22-24-18/h5-10,12H,3-4,11,19H2,1-2H3/b21-20+. The van der Waals surface area contributed by atoms with Gasteiger partial charge >= 0.3 is 0 Å². The van der Waals surface area contributed by atoms with E-state index >= 15 is 0 Å². The summed E-state index contributed by atoms with van der Waals surface area (Å²) in [6.07, 6.45) is 1.14. The van der Waals surface area contributed by atoms with Gasteiger partial charge in [-0.15, -0.1) is 10.2 Å². The summed E-state index contributed by atoms with van der Waals surface area (Å²) in [6.45, 7) is 6.43. The van der Waals surface area contributed by atoms with Gasteiger partial charge < -0.3 is 10.6 Å². The molecule has 0 saturated carbocycles. The van der Waals surface area contributed by atoms with Crippen molar-refractivity contribution < 1.29 is 0 Å². The number of rotatable bonds is 6. The number of aromatic nitrogens is 1.